The highest BCUT2D eigenvalue weighted by Crippen LogP contribution is 2.30. The standard InChI is InChI=1S/C28H32O5/c1-30-24-14-12-23(13-15-24)20-32-27-25(29)16-17-26(31-18-21-8-4-2-5-9-21)28(27)33-19-22-10-6-3-7-11-22/h2-15,25-29H,16-20H2,1H3/t25-,26-,27?,28+/m1/s1. The van der Waals surface area contributed by atoms with E-state index in [1.807, 2.05) is 72.8 Å². The zero-order valence-electron chi connectivity index (χ0n) is 19.0. The van der Waals surface area contributed by atoms with E-state index in [4.69, 9.17) is 18.9 Å². The van der Waals surface area contributed by atoms with Gasteiger partial charge in [-0.15, -0.1) is 0 Å². The number of ether oxygens (including phenoxy) is 4. The summed E-state index contributed by atoms with van der Waals surface area (Å²) in [6, 6.07) is 27.9. The number of aliphatic hydroxyl groups is 1. The Hall–Kier alpha value is -2.70. The smallest absolute Gasteiger partial charge is 0.118 e. The Bertz CT molecular complexity index is 945. The molecule has 0 radical (unpaired) electrons. The van der Waals surface area contributed by atoms with Crippen molar-refractivity contribution in [3.05, 3.63) is 102 Å². The number of aliphatic hydroxyl groups excluding tert-OH is 1. The normalized spacial score (nSPS) is 22.7. The van der Waals surface area contributed by atoms with Gasteiger partial charge in [0.15, 0.2) is 0 Å². The average Bonchev–Trinajstić information content (AvgIpc) is 2.87. The van der Waals surface area contributed by atoms with Gasteiger partial charge >= 0.3 is 0 Å². The van der Waals surface area contributed by atoms with Crippen molar-refractivity contribution in [3.63, 3.8) is 0 Å². The van der Waals surface area contributed by atoms with Gasteiger partial charge in [0, 0.05) is 0 Å². The van der Waals surface area contributed by atoms with E-state index >= 15 is 0 Å². The molecule has 5 nitrogen and oxygen atoms in total. The third-order valence-corrected chi connectivity index (χ3v) is 6.01. The molecular weight excluding hydrogens is 416 g/mol. The number of hydrogen-bond acceptors (Lipinski definition) is 5. The molecule has 1 unspecified atom stereocenters. The van der Waals surface area contributed by atoms with Crippen molar-refractivity contribution in [2.24, 2.45) is 0 Å². The molecule has 174 valence electrons. The molecular formula is C28H32O5. The van der Waals surface area contributed by atoms with Crippen LogP contribution in [0.3, 0.4) is 0 Å². The van der Waals surface area contributed by atoms with Gasteiger partial charge in [-0.25, -0.2) is 0 Å². The molecule has 1 saturated carbocycles. The molecule has 0 aromatic heterocycles. The Labute approximate surface area is 195 Å². The van der Waals surface area contributed by atoms with Gasteiger partial charge in [-0.2, -0.15) is 0 Å². The van der Waals surface area contributed by atoms with E-state index in [9.17, 15) is 5.11 Å². The lowest BCUT2D eigenvalue weighted by Gasteiger charge is -2.40. The molecule has 0 spiro atoms. The van der Waals surface area contributed by atoms with Crippen LogP contribution in [0.2, 0.25) is 0 Å². The lowest BCUT2D eigenvalue weighted by Crippen LogP contribution is -2.52. The predicted octanol–water partition coefficient (Wildman–Crippen LogP) is 4.91. The summed E-state index contributed by atoms with van der Waals surface area (Å²) < 4.78 is 24.1. The molecule has 4 rings (SSSR count). The summed E-state index contributed by atoms with van der Waals surface area (Å²) in [4.78, 5) is 0. The number of rotatable bonds is 10. The molecule has 5 heteroatoms. The molecule has 0 bridgehead atoms. The second-order valence-electron chi connectivity index (χ2n) is 8.36. The van der Waals surface area contributed by atoms with Crippen LogP contribution in [-0.4, -0.2) is 36.6 Å². The van der Waals surface area contributed by atoms with Crippen molar-refractivity contribution in [1.82, 2.24) is 0 Å². The zero-order chi connectivity index (χ0) is 22.9. The second kappa shape index (κ2) is 12.0. The minimum Gasteiger partial charge on any atom is -0.497 e. The van der Waals surface area contributed by atoms with Crippen LogP contribution in [0.5, 0.6) is 5.75 Å². The Morgan fingerprint density at radius 2 is 1.15 bits per heavy atom. The van der Waals surface area contributed by atoms with Crippen molar-refractivity contribution in [1.29, 1.82) is 0 Å². The van der Waals surface area contributed by atoms with E-state index < -0.39 is 12.2 Å². The van der Waals surface area contributed by atoms with Crippen LogP contribution < -0.4 is 4.74 Å². The summed E-state index contributed by atoms with van der Waals surface area (Å²) in [6.45, 7) is 1.31. The van der Waals surface area contributed by atoms with Gasteiger partial charge in [-0.05, 0) is 41.7 Å². The molecule has 3 aromatic carbocycles. The molecule has 0 saturated heterocycles. The first kappa shape index (κ1) is 23.5. The van der Waals surface area contributed by atoms with E-state index in [2.05, 4.69) is 12.1 Å². The van der Waals surface area contributed by atoms with E-state index in [1.165, 1.54) is 0 Å². The zero-order valence-corrected chi connectivity index (χ0v) is 19.0. The molecule has 3 aromatic rings. The van der Waals surface area contributed by atoms with E-state index in [1.54, 1.807) is 7.11 Å². The van der Waals surface area contributed by atoms with Gasteiger partial charge in [0.2, 0.25) is 0 Å². The molecule has 33 heavy (non-hydrogen) atoms. The lowest BCUT2D eigenvalue weighted by atomic mass is 9.89. The fourth-order valence-corrected chi connectivity index (χ4v) is 4.14. The van der Waals surface area contributed by atoms with E-state index in [0.29, 0.717) is 26.2 Å². The van der Waals surface area contributed by atoms with Gasteiger partial charge in [0.1, 0.15) is 18.0 Å². The molecule has 4 atom stereocenters. The van der Waals surface area contributed by atoms with Crippen LogP contribution >= 0.6 is 0 Å². The van der Waals surface area contributed by atoms with Crippen molar-refractivity contribution < 1.29 is 24.1 Å². The average molecular weight is 449 g/mol. The van der Waals surface area contributed by atoms with E-state index in [-0.39, 0.29) is 12.2 Å². The van der Waals surface area contributed by atoms with Crippen molar-refractivity contribution in [3.8, 4) is 5.75 Å². The van der Waals surface area contributed by atoms with Gasteiger partial charge < -0.3 is 24.1 Å². The third-order valence-electron chi connectivity index (χ3n) is 6.01. The number of benzene rings is 3. The molecule has 0 amide bonds. The fourth-order valence-electron chi connectivity index (χ4n) is 4.14. The van der Waals surface area contributed by atoms with Gasteiger partial charge in [0.25, 0.3) is 0 Å². The van der Waals surface area contributed by atoms with Crippen LogP contribution in [0.1, 0.15) is 29.5 Å². The summed E-state index contributed by atoms with van der Waals surface area (Å²) in [7, 11) is 1.65. The fraction of sp³-hybridized carbons (Fsp3) is 0.357. The maximum atomic E-state index is 10.8. The van der Waals surface area contributed by atoms with Gasteiger partial charge in [0.05, 0.1) is 39.1 Å². The summed E-state index contributed by atoms with van der Waals surface area (Å²) in [5.41, 5.74) is 3.20. The minimum atomic E-state index is -0.611. The molecule has 0 heterocycles. The predicted molar refractivity (Wildman–Crippen MR) is 127 cm³/mol. The first-order valence-electron chi connectivity index (χ1n) is 11.5. The second-order valence-corrected chi connectivity index (χ2v) is 8.36. The summed E-state index contributed by atoms with van der Waals surface area (Å²) >= 11 is 0. The van der Waals surface area contributed by atoms with Crippen molar-refractivity contribution in [2.45, 2.75) is 57.1 Å². The minimum absolute atomic E-state index is 0.168. The number of hydrogen-bond donors (Lipinski definition) is 1. The summed E-state index contributed by atoms with van der Waals surface area (Å²) in [5, 5.41) is 10.8. The Morgan fingerprint density at radius 1 is 0.636 bits per heavy atom. The van der Waals surface area contributed by atoms with Crippen molar-refractivity contribution in [2.75, 3.05) is 7.11 Å². The highest BCUT2D eigenvalue weighted by molar-refractivity contribution is 5.26. The van der Waals surface area contributed by atoms with Crippen LogP contribution in [0, 0.1) is 0 Å². The Kier molecular flexibility index (Phi) is 8.50. The molecule has 1 fully saturated rings. The third kappa shape index (κ3) is 6.65. The molecule has 0 aliphatic heterocycles. The largest absolute Gasteiger partial charge is 0.497 e. The summed E-state index contributed by atoms with van der Waals surface area (Å²) in [6.07, 6.45) is -0.312. The van der Waals surface area contributed by atoms with Crippen LogP contribution in [-0.2, 0) is 34.0 Å². The highest BCUT2D eigenvalue weighted by atomic mass is 16.6. The van der Waals surface area contributed by atoms with Gasteiger partial charge in [-0.1, -0.05) is 72.8 Å². The quantitative estimate of drug-likeness (QED) is 0.478. The molecule has 1 aliphatic carbocycles. The first-order chi connectivity index (χ1) is 16.2. The highest BCUT2D eigenvalue weighted by Gasteiger charge is 2.41. The van der Waals surface area contributed by atoms with Crippen LogP contribution in [0.4, 0.5) is 0 Å². The van der Waals surface area contributed by atoms with E-state index in [0.717, 1.165) is 28.9 Å². The van der Waals surface area contributed by atoms with Gasteiger partial charge in [-0.3, -0.25) is 0 Å². The molecule has 1 aliphatic rings. The first-order valence-corrected chi connectivity index (χ1v) is 11.5. The monoisotopic (exact) mass is 448 g/mol. The Balaban J connectivity index is 1.45. The van der Waals surface area contributed by atoms with Crippen molar-refractivity contribution >= 4 is 0 Å². The van der Waals surface area contributed by atoms with Crippen LogP contribution in [0.15, 0.2) is 84.9 Å². The topological polar surface area (TPSA) is 57.2 Å². The lowest BCUT2D eigenvalue weighted by molar-refractivity contribution is -0.201. The SMILES string of the molecule is COc1ccc(COC2[C@H](O)CC[C@@H](OCc3ccccc3)[C@@H]2OCc2ccccc2)cc1. The van der Waals surface area contributed by atoms with Crippen LogP contribution in [0.25, 0.3) is 0 Å². The Morgan fingerprint density at radius 3 is 1.73 bits per heavy atom. The summed E-state index contributed by atoms with van der Waals surface area (Å²) in [5.74, 6) is 0.801. The maximum absolute atomic E-state index is 10.8. The maximum Gasteiger partial charge on any atom is 0.118 e. The number of methoxy groups -OCH3 is 1. The molecule has 1 N–H and O–H groups in total.